The molecule has 4 nitrogen and oxygen atoms in total. The monoisotopic (exact) mass is 228 g/mol. The Morgan fingerprint density at radius 1 is 1.50 bits per heavy atom. The predicted molar refractivity (Wildman–Crippen MR) is 63.9 cm³/mol. The summed E-state index contributed by atoms with van der Waals surface area (Å²) in [5, 5.41) is 9.98. The Morgan fingerprint density at radius 2 is 2.00 bits per heavy atom. The Bertz CT molecular complexity index is 265. The second kappa shape index (κ2) is 4.34. The molecule has 0 radical (unpaired) electrons. The van der Waals surface area contributed by atoms with Gasteiger partial charge in [-0.2, -0.15) is 0 Å². The van der Waals surface area contributed by atoms with Crippen LogP contribution in [0.5, 0.6) is 0 Å². The largest absolute Gasteiger partial charge is 0.386 e. The first-order valence-electron chi connectivity index (χ1n) is 5.96. The van der Waals surface area contributed by atoms with Crippen LogP contribution in [0.4, 0.5) is 0 Å². The average Bonchev–Trinajstić information content (AvgIpc) is 2.10. The van der Waals surface area contributed by atoms with Crippen LogP contribution >= 0.6 is 0 Å². The third-order valence-electron chi connectivity index (χ3n) is 3.20. The first kappa shape index (κ1) is 13.5. The van der Waals surface area contributed by atoms with Crippen LogP contribution in [0.2, 0.25) is 0 Å². The van der Waals surface area contributed by atoms with Crippen LogP contribution in [0.1, 0.15) is 40.5 Å². The van der Waals surface area contributed by atoms with Crippen LogP contribution < -0.4 is 5.73 Å². The highest BCUT2D eigenvalue weighted by molar-refractivity contribution is 5.83. The van der Waals surface area contributed by atoms with E-state index in [1.807, 2.05) is 27.7 Å². The van der Waals surface area contributed by atoms with Crippen LogP contribution in [0.3, 0.4) is 0 Å². The minimum Gasteiger partial charge on any atom is -0.386 e. The molecule has 1 unspecified atom stereocenters. The summed E-state index contributed by atoms with van der Waals surface area (Å²) >= 11 is 0. The molecule has 1 fully saturated rings. The minimum absolute atomic E-state index is 0.0479. The molecule has 0 aromatic carbocycles. The first-order chi connectivity index (χ1) is 7.19. The summed E-state index contributed by atoms with van der Waals surface area (Å²) in [6.45, 7) is 8.75. The fourth-order valence-electron chi connectivity index (χ4n) is 2.01. The van der Waals surface area contributed by atoms with Crippen LogP contribution in [0.15, 0.2) is 0 Å². The second-order valence-electron chi connectivity index (χ2n) is 6.01. The SMILES string of the molecule is CCCC1(O)CN(C(=O)C(N)C(C)(C)C)C1. The quantitative estimate of drug-likeness (QED) is 0.748. The van der Waals surface area contributed by atoms with Crippen molar-refractivity contribution >= 4 is 5.91 Å². The van der Waals surface area contributed by atoms with Gasteiger partial charge in [0.25, 0.3) is 0 Å². The minimum atomic E-state index is -0.665. The van der Waals surface area contributed by atoms with Crippen molar-refractivity contribution in [3.63, 3.8) is 0 Å². The zero-order valence-corrected chi connectivity index (χ0v) is 10.8. The maximum atomic E-state index is 12.0. The van der Waals surface area contributed by atoms with Gasteiger partial charge in [-0.25, -0.2) is 0 Å². The molecule has 94 valence electrons. The van der Waals surface area contributed by atoms with Gasteiger partial charge in [-0.3, -0.25) is 4.79 Å². The molecule has 0 aromatic heterocycles. The van der Waals surface area contributed by atoms with Gasteiger partial charge in [-0.15, -0.1) is 0 Å². The van der Waals surface area contributed by atoms with Gasteiger partial charge >= 0.3 is 0 Å². The van der Waals surface area contributed by atoms with E-state index in [1.54, 1.807) is 4.90 Å². The molecule has 0 aliphatic carbocycles. The summed E-state index contributed by atoms with van der Waals surface area (Å²) in [4.78, 5) is 13.6. The Kier molecular flexibility index (Phi) is 3.65. The molecule has 0 aromatic rings. The van der Waals surface area contributed by atoms with E-state index in [0.29, 0.717) is 13.1 Å². The van der Waals surface area contributed by atoms with E-state index in [-0.39, 0.29) is 11.3 Å². The summed E-state index contributed by atoms with van der Waals surface area (Å²) in [5.74, 6) is -0.0479. The summed E-state index contributed by atoms with van der Waals surface area (Å²) < 4.78 is 0. The van der Waals surface area contributed by atoms with Gasteiger partial charge in [0, 0.05) is 0 Å². The van der Waals surface area contributed by atoms with E-state index in [2.05, 4.69) is 0 Å². The van der Waals surface area contributed by atoms with E-state index in [9.17, 15) is 9.90 Å². The molecule has 1 atom stereocenters. The molecule has 1 aliphatic heterocycles. The van der Waals surface area contributed by atoms with Gasteiger partial charge in [0.1, 0.15) is 0 Å². The normalized spacial score (nSPS) is 21.5. The maximum absolute atomic E-state index is 12.0. The van der Waals surface area contributed by atoms with Crippen molar-refractivity contribution < 1.29 is 9.90 Å². The van der Waals surface area contributed by atoms with Crippen LogP contribution in [0.25, 0.3) is 0 Å². The average molecular weight is 228 g/mol. The molecular weight excluding hydrogens is 204 g/mol. The fraction of sp³-hybridized carbons (Fsp3) is 0.917. The second-order valence-corrected chi connectivity index (χ2v) is 6.01. The van der Waals surface area contributed by atoms with Crippen molar-refractivity contribution in [2.75, 3.05) is 13.1 Å². The molecular formula is C12H24N2O2. The van der Waals surface area contributed by atoms with Crippen molar-refractivity contribution in [3.8, 4) is 0 Å². The molecule has 0 bridgehead atoms. The third kappa shape index (κ3) is 2.74. The van der Waals surface area contributed by atoms with Gasteiger partial charge in [-0.05, 0) is 11.8 Å². The number of carbonyl (C=O) groups is 1. The van der Waals surface area contributed by atoms with Gasteiger partial charge in [0.05, 0.1) is 24.7 Å². The van der Waals surface area contributed by atoms with Crippen molar-refractivity contribution in [3.05, 3.63) is 0 Å². The Balaban J connectivity index is 2.49. The lowest BCUT2D eigenvalue weighted by Gasteiger charge is -2.48. The zero-order valence-electron chi connectivity index (χ0n) is 10.8. The number of aliphatic hydroxyl groups is 1. The van der Waals surface area contributed by atoms with E-state index in [4.69, 9.17) is 5.73 Å². The highest BCUT2D eigenvalue weighted by Gasteiger charge is 2.45. The molecule has 0 spiro atoms. The van der Waals surface area contributed by atoms with E-state index in [1.165, 1.54) is 0 Å². The van der Waals surface area contributed by atoms with Crippen LogP contribution in [0, 0.1) is 5.41 Å². The molecule has 4 heteroatoms. The van der Waals surface area contributed by atoms with Crippen LogP contribution in [-0.2, 0) is 4.79 Å². The smallest absolute Gasteiger partial charge is 0.240 e. The van der Waals surface area contributed by atoms with Gasteiger partial charge < -0.3 is 15.7 Å². The molecule has 1 rings (SSSR count). The highest BCUT2D eigenvalue weighted by Crippen LogP contribution is 2.28. The highest BCUT2D eigenvalue weighted by atomic mass is 16.3. The van der Waals surface area contributed by atoms with Gasteiger partial charge in [-0.1, -0.05) is 34.1 Å². The lowest BCUT2D eigenvalue weighted by atomic mass is 9.83. The number of hydrogen-bond acceptors (Lipinski definition) is 3. The maximum Gasteiger partial charge on any atom is 0.240 e. The number of nitrogens with two attached hydrogens (primary N) is 1. The standard InChI is InChI=1S/C12H24N2O2/c1-5-6-12(16)7-14(8-12)10(15)9(13)11(2,3)4/h9,16H,5-8,13H2,1-4H3. The van der Waals surface area contributed by atoms with Crippen molar-refractivity contribution in [2.24, 2.45) is 11.1 Å². The summed E-state index contributed by atoms with van der Waals surface area (Å²) in [6, 6.07) is -0.487. The van der Waals surface area contributed by atoms with Crippen molar-refractivity contribution in [1.29, 1.82) is 0 Å². The number of amides is 1. The third-order valence-corrected chi connectivity index (χ3v) is 3.20. The van der Waals surface area contributed by atoms with E-state index >= 15 is 0 Å². The molecule has 1 saturated heterocycles. The lowest BCUT2D eigenvalue weighted by molar-refractivity contribution is -0.160. The fourth-order valence-corrected chi connectivity index (χ4v) is 2.01. The summed E-state index contributed by atoms with van der Waals surface area (Å²) in [7, 11) is 0. The predicted octanol–water partition coefficient (Wildman–Crippen LogP) is 0.733. The number of carbonyl (C=O) groups excluding carboxylic acids is 1. The topological polar surface area (TPSA) is 66.6 Å². The Morgan fingerprint density at radius 3 is 2.38 bits per heavy atom. The number of nitrogens with zero attached hydrogens (tertiary/aromatic N) is 1. The molecule has 1 heterocycles. The molecule has 0 saturated carbocycles. The molecule has 16 heavy (non-hydrogen) atoms. The Labute approximate surface area is 97.8 Å². The molecule has 3 N–H and O–H groups in total. The summed E-state index contributed by atoms with van der Waals surface area (Å²) in [5.41, 5.74) is 5.00. The van der Waals surface area contributed by atoms with Crippen molar-refractivity contribution in [1.82, 2.24) is 4.90 Å². The number of rotatable bonds is 3. The Hall–Kier alpha value is -0.610. The number of hydrogen-bond donors (Lipinski definition) is 2. The number of likely N-dealkylation sites (tertiary alicyclic amines) is 1. The first-order valence-corrected chi connectivity index (χ1v) is 5.96. The summed E-state index contributed by atoms with van der Waals surface area (Å²) in [6.07, 6.45) is 1.69. The van der Waals surface area contributed by atoms with E-state index < -0.39 is 11.6 Å². The zero-order chi connectivity index (χ0) is 12.6. The lowest BCUT2D eigenvalue weighted by Crippen LogP contribution is -2.67. The molecule has 1 aliphatic rings. The molecule has 1 amide bonds. The van der Waals surface area contributed by atoms with Gasteiger partial charge in [0.2, 0.25) is 5.91 Å². The van der Waals surface area contributed by atoms with Gasteiger partial charge in [0.15, 0.2) is 0 Å². The van der Waals surface area contributed by atoms with E-state index in [0.717, 1.165) is 12.8 Å². The van der Waals surface area contributed by atoms with Crippen molar-refractivity contribution in [2.45, 2.75) is 52.2 Å². The van der Waals surface area contributed by atoms with Crippen LogP contribution in [-0.4, -0.2) is 40.6 Å². The number of β-amino-alcohol motifs (C(OH)–C–C–N with tert-alkyl or cyclic N) is 1.